The average molecular weight is 501 g/mol. The van der Waals surface area contributed by atoms with Gasteiger partial charge in [0.1, 0.15) is 8.07 Å². The summed E-state index contributed by atoms with van der Waals surface area (Å²) in [7, 11) is -1.44. The Balaban J connectivity index is 0.000000162. The molecule has 0 saturated carbocycles. The summed E-state index contributed by atoms with van der Waals surface area (Å²) in [6.07, 6.45) is 2.11. The Morgan fingerprint density at radius 1 is 0.514 bits per heavy atom. The van der Waals surface area contributed by atoms with Crippen molar-refractivity contribution in [1.82, 2.24) is 9.13 Å². The fraction of sp³-hybridized carbons (Fsp3) is 0.176. The van der Waals surface area contributed by atoms with E-state index in [0.717, 1.165) is 0 Å². The van der Waals surface area contributed by atoms with E-state index in [2.05, 4.69) is 151 Å². The van der Waals surface area contributed by atoms with Crippen LogP contribution in [0.2, 0.25) is 18.1 Å². The van der Waals surface area contributed by atoms with E-state index in [1.54, 1.807) is 5.32 Å². The first kappa shape index (κ1) is 24.9. The lowest BCUT2D eigenvalue weighted by molar-refractivity contribution is 1.11. The van der Waals surface area contributed by atoms with Crippen molar-refractivity contribution in [2.24, 2.45) is 0 Å². The van der Waals surface area contributed by atoms with Crippen LogP contribution >= 0.6 is 0 Å². The molecular formula is C34H36N2Si. The van der Waals surface area contributed by atoms with Gasteiger partial charge in [-0.05, 0) is 59.3 Å². The lowest BCUT2D eigenvalue weighted by Crippen LogP contribution is -2.49. The van der Waals surface area contributed by atoms with Gasteiger partial charge in [-0.2, -0.15) is 0 Å². The average Bonchev–Trinajstić information content (AvgIpc) is 3.58. The second-order valence-electron chi connectivity index (χ2n) is 9.68. The molecule has 3 heteroatoms. The van der Waals surface area contributed by atoms with E-state index in [1.807, 2.05) is 6.07 Å². The molecule has 0 fully saturated rings. The molecule has 0 aliphatic heterocycles. The third kappa shape index (κ3) is 4.79. The van der Waals surface area contributed by atoms with Crippen molar-refractivity contribution < 1.29 is 0 Å². The van der Waals surface area contributed by atoms with Gasteiger partial charge in [-0.1, -0.05) is 112 Å². The van der Waals surface area contributed by atoms with E-state index in [-0.39, 0.29) is 0 Å². The monoisotopic (exact) mass is 500 g/mol. The second kappa shape index (κ2) is 11.1. The fourth-order valence-corrected chi connectivity index (χ4v) is 9.36. The zero-order chi connectivity index (χ0) is 25.7. The van der Waals surface area contributed by atoms with Gasteiger partial charge >= 0.3 is 0 Å². The minimum atomic E-state index is -1.44. The summed E-state index contributed by atoms with van der Waals surface area (Å²) in [5.74, 6) is 0. The van der Waals surface area contributed by atoms with Gasteiger partial charge in [0.25, 0.3) is 0 Å². The number of hydrogen-bond donors (Lipinski definition) is 0. The molecule has 2 heterocycles. The largest absolute Gasteiger partial charge is 0.318 e. The van der Waals surface area contributed by atoms with E-state index < -0.39 is 8.07 Å². The normalized spacial score (nSPS) is 11.4. The number of benzene rings is 4. The number of nitrogens with zero attached hydrogens (tertiary/aromatic N) is 2. The molecule has 2 aromatic heterocycles. The van der Waals surface area contributed by atoms with Gasteiger partial charge in [0.05, 0.1) is 11.0 Å². The quantitative estimate of drug-likeness (QED) is 0.202. The van der Waals surface area contributed by atoms with Crippen LogP contribution in [0.3, 0.4) is 0 Å². The topological polar surface area (TPSA) is 9.86 Å². The summed E-state index contributed by atoms with van der Waals surface area (Å²) >= 11 is 0. The van der Waals surface area contributed by atoms with Crippen molar-refractivity contribution in [2.45, 2.75) is 38.9 Å². The van der Waals surface area contributed by atoms with Crippen molar-refractivity contribution in [3.05, 3.63) is 128 Å². The van der Waals surface area contributed by atoms with Crippen LogP contribution in [0.4, 0.5) is 0 Å². The zero-order valence-electron chi connectivity index (χ0n) is 22.1. The minimum absolute atomic E-state index is 1.21. The predicted molar refractivity (Wildman–Crippen MR) is 163 cm³/mol. The third-order valence-electron chi connectivity index (χ3n) is 7.93. The molecule has 0 spiro atoms. The molecule has 0 aliphatic rings. The number of hydrogen-bond acceptors (Lipinski definition) is 0. The summed E-state index contributed by atoms with van der Waals surface area (Å²) < 4.78 is 4.73. The smallest absolute Gasteiger partial charge is 0.107 e. The van der Waals surface area contributed by atoms with Crippen LogP contribution in [0.15, 0.2) is 128 Å². The van der Waals surface area contributed by atoms with Crippen LogP contribution < -0.4 is 5.32 Å². The molecule has 0 N–H and O–H groups in total. The standard InChI is InChI=1S/C20H25NSi.C14H11N/c1-4-22(5-2,6-3)20-16-17-12-10-11-15-19(17)21(20)18-13-8-7-9-14-18;1-2-7-13(8-3-1)15-11-10-12-6-4-5-9-14(12)15/h7-16H,4-6H2,1-3H3;1-11H. The molecule has 0 saturated heterocycles. The summed E-state index contributed by atoms with van der Waals surface area (Å²) in [6.45, 7) is 7.14. The number of aromatic nitrogens is 2. The van der Waals surface area contributed by atoms with Crippen molar-refractivity contribution in [2.75, 3.05) is 0 Å². The van der Waals surface area contributed by atoms with Gasteiger partial charge in [-0.15, -0.1) is 0 Å². The fourth-order valence-electron chi connectivity index (χ4n) is 5.59. The zero-order valence-corrected chi connectivity index (χ0v) is 23.1. The lowest BCUT2D eigenvalue weighted by atomic mass is 10.2. The van der Waals surface area contributed by atoms with Crippen LogP contribution in [0.1, 0.15) is 20.8 Å². The van der Waals surface area contributed by atoms with Crippen LogP contribution in [-0.4, -0.2) is 17.2 Å². The second-order valence-corrected chi connectivity index (χ2v) is 14.9. The number of fused-ring (bicyclic) bond motifs is 2. The van der Waals surface area contributed by atoms with Crippen molar-refractivity contribution >= 4 is 35.2 Å². The molecule has 6 rings (SSSR count). The van der Waals surface area contributed by atoms with Crippen molar-refractivity contribution in [3.8, 4) is 11.4 Å². The van der Waals surface area contributed by atoms with Crippen molar-refractivity contribution in [1.29, 1.82) is 0 Å². The molecule has 0 aliphatic carbocycles. The number of para-hydroxylation sites is 4. The molecule has 0 amide bonds. The van der Waals surface area contributed by atoms with Gasteiger partial charge in [0, 0.05) is 22.9 Å². The Labute approximate surface area is 221 Å². The maximum Gasteiger partial charge on any atom is 0.107 e. The predicted octanol–water partition coefficient (Wildman–Crippen LogP) is 8.98. The highest BCUT2D eigenvalue weighted by atomic mass is 28.3. The molecule has 2 nitrogen and oxygen atoms in total. The molecular weight excluding hydrogens is 464 g/mol. The number of rotatable bonds is 6. The molecule has 0 radical (unpaired) electrons. The van der Waals surface area contributed by atoms with Gasteiger partial charge in [0.2, 0.25) is 0 Å². The molecule has 4 aromatic carbocycles. The molecule has 0 unspecified atom stereocenters. The maximum absolute atomic E-state index is 2.53. The molecule has 0 atom stereocenters. The van der Waals surface area contributed by atoms with Gasteiger partial charge in [-0.25, -0.2) is 0 Å². The van der Waals surface area contributed by atoms with Gasteiger partial charge in [0.15, 0.2) is 0 Å². The minimum Gasteiger partial charge on any atom is -0.318 e. The lowest BCUT2D eigenvalue weighted by Gasteiger charge is -2.30. The molecule has 6 aromatic rings. The van der Waals surface area contributed by atoms with E-state index in [1.165, 1.54) is 51.3 Å². The van der Waals surface area contributed by atoms with E-state index >= 15 is 0 Å². The highest BCUT2D eigenvalue weighted by Gasteiger charge is 2.33. The molecule has 37 heavy (non-hydrogen) atoms. The molecule has 0 bridgehead atoms. The van der Waals surface area contributed by atoms with Crippen molar-refractivity contribution in [3.63, 3.8) is 0 Å². The van der Waals surface area contributed by atoms with E-state index in [4.69, 9.17) is 0 Å². The first-order chi connectivity index (χ1) is 18.2. The van der Waals surface area contributed by atoms with Gasteiger partial charge < -0.3 is 9.13 Å². The van der Waals surface area contributed by atoms with E-state index in [9.17, 15) is 0 Å². The molecule has 186 valence electrons. The van der Waals surface area contributed by atoms with Crippen LogP contribution in [0.5, 0.6) is 0 Å². The summed E-state index contributed by atoms with van der Waals surface area (Å²) in [5.41, 5.74) is 5.10. The SMILES string of the molecule is CC[Si](CC)(CC)c1cc2ccccc2n1-c1ccccc1.c1ccc(-n2ccc3ccccc32)cc1. The Kier molecular flexibility index (Phi) is 7.43. The summed E-state index contributed by atoms with van der Waals surface area (Å²) in [4.78, 5) is 0. The Morgan fingerprint density at radius 3 is 1.65 bits per heavy atom. The van der Waals surface area contributed by atoms with E-state index in [0.29, 0.717) is 0 Å². The van der Waals surface area contributed by atoms with Crippen LogP contribution in [0, 0.1) is 0 Å². The Hall–Kier alpha value is -3.82. The summed E-state index contributed by atoms with van der Waals surface area (Å²) in [6, 6.07) is 47.0. The third-order valence-corrected chi connectivity index (χ3v) is 13.4. The van der Waals surface area contributed by atoms with Gasteiger partial charge in [-0.3, -0.25) is 0 Å². The van der Waals surface area contributed by atoms with Crippen LogP contribution in [-0.2, 0) is 0 Å². The maximum atomic E-state index is 2.53. The highest BCUT2D eigenvalue weighted by Crippen LogP contribution is 2.27. The Morgan fingerprint density at radius 2 is 1.03 bits per heavy atom. The highest BCUT2D eigenvalue weighted by molar-refractivity contribution is 6.91. The Bertz CT molecular complexity index is 1570. The van der Waals surface area contributed by atoms with Crippen LogP contribution in [0.25, 0.3) is 33.2 Å². The summed E-state index contributed by atoms with van der Waals surface area (Å²) in [5, 5.41) is 4.24. The first-order valence-corrected chi connectivity index (χ1v) is 16.1. The first-order valence-electron chi connectivity index (χ1n) is 13.5.